The first-order valence-corrected chi connectivity index (χ1v) is 7.88. The molecule has 132 valence electrons. The SMILES string of the molecule is COc1cccc(CCC(=O)NC2(CC(=O)O)CCOCC2)c1F. The van der Waals surface area contributed by atoms with Crippen LogP contribution in [-0.4, -0.2) is 42.8 Å². The number of ether oxygens (including phenoxy) is 2. The average Bonchev–Trinajstić information content (AvgIpc) is 2.54. The van der Waals surface area contributed by atoms with E-state index in [9.17, 15) is 14.0 Å². The summed E-state index contributed by atoms with van der Waals surface area (Å²) in [5.41, 5.74) is -0.391. The van der Waals surface area contributed by atoms with Crippen molar-refractivity contribution in [2.24, 2.45) is 0 Å². The molecule has 0 aromatic heterocycles. The Hall–Kier alpha value is -2.15. The number of carbonyl (C=O) groups is 2. The standard InChI is InChI=1S/C17H22FNO5/c1-23-13-4-2-3-12(16(13)18)5-6-14(20)19-17(11-15(21)22)7-9-24-10-8-17/h2-4H,5-11H2,1H3,(H,19,20)(H,21,22). The van der Waals surface area contributed by atoms with Gasteiger partial charge in [-0.1, -0.05) is 12.1 Å². The Labute approximate surface area is 139 Å². The summed E-state index contributed by atoms with van der Waals surface area (Å²) in [6.07, 6.45) is 1.06. The Kier molecular flexibility index (Phi) is 6.14. The highest BCUT2D eigenvalue weighted by Gasteiger charge is 2.36. The number of hydrogen-bond donors (Lipinski definition) is 2. The maximum absolute atomic E-state index is 14.1. The quantitative estimate of drug-likeness (QED) is 0.793. The monoisotopic (exact) mass is 339 g/mol. The molecule has 1 amide bonds. The molecule has 1 aliphatic rings. The van der Waals surface area contributed by atoms with Crippen LogP contribution in [0, 0.1) is 5.82 Å². The zero-order chi connectivity index (χ0) is 17.6. The van der Waals surface area contributed by atoms with Gasteiger partial charge in [0.2, 0.25) is 5.91 Å². The Morgan fingerprint density at radius 3 is 2.71 bits per heavy atom. The van der Waals surface area contributed by atoms with Crippen LogP contribution in [0.15, 0.2) is 18.2 Å². The Balaban J connectivity index is 1.97. The second-order valence-electron chi connectivity index (χ2n) is 5.94. The van der Waals surface area contributed by atoms with E-state index >= 15 is 0 Å². The summed E-state index contributed by atoms with van der Waals surface area (Å²) in [4.78, 5) is 23.3. The summed E-state index contributed by atoms with van der Waals surface area (Å²) in [5, 5.41) is 11.9. The highest BCUT2D eigenvalue weighted by molar-refractivity contribution is 5.78. The number of aryl methyl sites for hydroxylation is 1. The van der Waals surface area contributed by atoms with Crippen molar-refractivity contribution in [1.82, 2.24) is 5.32 Å². The molecule has 1 fully saturated rings. The topological polar surface area (TPSA) is 84.9 Å². The van der Waals surface area contributed by atoms with Crippen LogP contribution < -0.4 is 10.1 Å². The number of hydrogen-bond acceptors (Lipinski definition) is 4. The molecule has 7 heteroatoms. The fraction of sp³-hybridized carbons (Fsp3) is 0.529. The molecular weight excluding hydrogens is 317 g/mol. The maximum atomic E-state index is 14.1. The number of halogens is 1. The smallest absolute Gasteiger partial charge is 0.305 e. The van der Waals surface area contributed by atoms with Crippen LogP contribution in [0.2, 0.25) is 0 Å². The third-order valence-electron chi connectivity index (χ3n) is 4.23. The number of nitrogens with one attached hydrogen (secondary N) is 1. The molecular formula is C17H22FNO5. The van der Waals surface area contributed by atoms with E-state index in [2.05, 4.69) is 5.32 Å². The summed E-state index contributed by atoms with van der Waals surface area (Å²) in [5.74, 6) is -1.59. The number of carboxylic acids is 1. The highest BCUT2D eigenvalue weighted by atomic mass is 19.1. The van der Waals surface area contributed by atoms with Crippen LogP contribution in [0.4, 0.5) is 4.39 Å². The third-order valence-corrected chi connectivity index (χ3v) is 4.23. The molecule has 24 heavy (non-hydrogen) atoms. The molecule has 0 spiro atoms. The zero-order valence-corrected chi connectivity index (χ0v) is 13.6. The summed E-state index contributed by atoms with van der Waals surface area (Å²) in [7, 11) is 1.38. The van der Waals surface area contributed by atoms with Gasteiger partial charge in [-0.3, -0.25) is 9.59 Å². The number of benzene rings is 1. The number of rotatable bonds is 7. The molecule has 2 N–H and O–H groups in total. The van der Waals surface area contributed by atoms with E-state index < -0.39 is 17.3 Å². The zero-order valence-electron chi connectivity index (χ0n) is 13.6. The van der Waals surface area contributed by atoms with Crippen LogP contribution >= 0.6 is 0 Å². The molecule has 0 radical (unpaired) electrons. The van der Waals surface area contributed by atoms with E-state index in [1.165, 1.54) is 13.2 Å². The van der Waals surface area contributed by atoms with Crippen LogP contribution in [0.25, 0.3) is 0 Å². The second-order valence-corrected chi connectivity index (χ2v) is 5.94. The molecule has 0 atom stereocenters. The van der Waals surface area contributed by atoms with Gasteiger partial charge in [0.1, 0.15) is 0 Å². The van der Waals surface area contributed by atoms with E-state index in [0.29, 0.717) is 31.6 Å². The minimum atomic E-state index is -0.962. The van der Waals surface area contributed by atoms with Crippen molar-refractivity contribution < 1.29 is 28.6 Å². The normalized spacial score (nSPS) is 16.4. The molecule has 0 saturated carbocycles. The van der Waals surface area contributed by atoms with E-state index in [-0.39, 0.29) is 30.9 Å². The second kappa shape index (κ2) is 8.10. The molecule has 6 nitrogen and oxygen atoms in total. The Morgan fingerprint density at radius 1 is 1.38 bits per heavy atom. The van der Waals surface area contributed by atoms with Crippen molar-refractivity contribution in [3.05, 3.63) is 29.6 Å². The molecule has 0 aliphatic carbocycles. The lowest BCUT2D eigenvalue weighted by Crippen LogP contribution is -2.53. The van der Waals surface area contributed by atoms with Crippen LogP contribution in [0.5, 0.6) is 5.75 Å². The maximum Gasteiger partial charge on any atom is 0.305 e. The van der Waals surface area contributed by atoms with Crippen molar-refractivity contribution in [1.29, 1.82) is 0 Å². The summed E-state index contributed by atoms with van der Waals surface area (Å²) < 4.78 is 24.2. The average molecular weight is 339 g/mol. The number of aliphatic carboxylic acids is 1. The molecule has 1 heterocycles. The Morgan fingerprint density at radius 2 is 2.08 bits per heavy atom. The van der Waals surface area contributed by atoms with Gasteiger partial charge < -0.3 is 19.9 Å². The minimum absolute atomic E-state index is 0.0757. The van der Waals surface area contributed by atoms with Gasteiger partial charge in [-0.05, 0) is 30.9 Å². The summed E-state index contributed by atoms with van der Waals surface area (Å²) in [6.45, 7) is 0.830. The first kappa shape index (κ1) is 18.2. The van der Waals surface area contributed by atoms with Gasteiger partial charge >= 0.3 is 5.97 Å². The van der Waals surface area contributed by atoms with Gasteiger partial charge in [-0.25, -0.2) is 4.39 Å². The van der Waals surface area contributed by atoms with E-state index in [0.717, 1.165) is 0 Å². The van der Waals surface area contributed by atoms with Gasteiger partial charge in [0.05, 0.1) is 19.1 Å². The van der Waals surface area contributed by atoms with Crippen molar-refractivity contribution >= 4 is 11.9 Å². The van der Waals surface area contributed by atoms with E-state index in [4.69, 9.17) is 14.6 Å². The van der Waals surface area contributed by atoms with Crippen LogP contribution in [-0.2, 0) is 20.7 Å². The van der Waals surface area contributed by atoms with Crippen molar-refractivity contribution in [2.75, 3.05) is 20.3 Å². The largest absolute Gasteiger partial charge is 0.494 e. The lowest BCUT2D eigenvalue weighted by molar-refractivity contribution is -0.140. The number of methoxy groups -OCH3 is 1. The molecule has 2 rings (SSSR count). The highest BCUT2D eigenvalue weighted by Crippen LogP contribution is 2.25. The molecule has 0 bridgehead atoms. The lowest BCUT2D eigenvalue weighted by Gasteiger charge is -2.36. The van der Waals surface area contributed by atoms with Crippen LogP contribution in [0.1, 0.15) is 31.2 Å². The first-order chi connectivity index (χ1) is 11.5. The van der Waals surface area contributed by atoms with Gasteiger partial charge in [0.25, 0.3) is 0 Å². The molecule has 1 aromatic carbocycles. The van der Waals surface area contributed by atoms with Gasteiger partial charge in [-0.2, -0.15) is 0 Å². The van der Waals surface area contributed by atoms with E-state index in [1.807, 2.05) is 0 Å². The molecule has 1 saturated heterocycles. The predicted octanol–water partition coefficient (Wildman–Crippen LogP) is 1.91. The molecule has 0 unspecified atom stereocenters. The molecule has 1 aromatic rings. The van der Waals surface area contributed by atoms with Crippen molar-refractivity contribution in [2.45, 2.75) is 37.6 Å². The van der Waals surface area contributed by atoms with E-state index in [1.54, 1.807) is 12.1 Å². The van der Waals surface area contributed by atoms with Gasteiger partial charge in [0.15, 0.2) is 11.6 Å². The van der Waals surface area contributed by atoms with Crippen LogP contribution in [0.3, 0.4) is 0 Å². The number of carbonyl (C=O) groups excluding carboxylic acids is 1. The van der Waals surface area contributed by atoms with Crippen molar-refractivity contribution in [3.63, 3.8) is 0 Å². The third kappa shape index (κ3) is 4.67. The lowest BCUT2D eigenvalue weighted by atomic mass is 9.86. The predicted molar refractivity (Wildman–Crippen MR) is 84.5 cm³/mol. The first-order valence-electron chi connectivity index (χ1n) is 7.88. The molecule has 1 aliphatic heterocycles. The minimum Gasteiger partial charge on any atom is -0.494 e. The van der Waals surface area contributed by atoms with Crippen molar-refractivity contribution in [3.8, 4) is 5.75 Å². The summed E-state index contributed by atoms with van der Waals surface area (Å²) >= 11 is 0. The fourth-order valence-electron chi connectivity index (χ4n) is 2.91. The summed E-state index contributed by atoms with van der Waals surface area (Å²) in [6, 6.07) is 4.79. The van der Waals surface area contributed by atoms with Gasteiger partial charge in [0, 0.05) is 19.6 Å². The Bertz CT molecular complexity index is 599. The van der Waals surface area contributed by atoms with Gasteiger partial charge in [-0.15, -0.1) is 0 Å². The fourth-order valence-corrected chi connectivity index (χ4v) is 2.91. The number of amides is 1. The number of carboxylic acid groups (broad SMARTS) is 1.